The average Bonchev–Trinajstić information content (AvgIpc) is 2.73. The molecule has 18 heavy (non-hydrogen) atoms. The lowest BCUT2D eigenvalue weighted by Gasteiger charge is -2.22. The highest BCUT2D eigenvalue weighted by Gasteiger charge is 2.31. The first kappa shape index (κ1) is 15.9. The summed E-state index contributed by atoms with van der Waals surface area (Å²) in [6.45, 7) is 6.72. The lowest BCUT2D eigenvalue weighted by atomic mass is 9.93. The maximum atomic E-state index is 9.79. The Kier molecular flexibility index (Phi) is 7.82. The number of methoxy groups -OCH3 is 1. The molecule has 4 atom stereocenters. The monoisotopic (exact) mass is 259 g/mol. The summed E-state index contributed by atoms with van der Waals surface area (Å²) in [6.07, 6.45) is 3.39. The van der Waals surface area contributed by atoms with Crippen molar-refractivity contribution in [2.45, 2.75) is 45.3 Å². The van der Waals surface area contributed by atoms with Gasteiger partial charge in [0.1, 0.15) is 0 Å². The van der Waals surface area contributed by atoms with Gasteiger partial charge < -0.3 is 19.9 Å². The third kappa shape index (κ3) is 5.22. The molecule has 0 aromatic rings. The maximum absolute atomic E-state index is 9.79. The van der Waals surface area contributed by atoms with E-state index in [1.54, 1.807) is 7.11 Å². The second-order valence-corrected chi connectivity index (χ2v) is 5.34. The van der Waals surface area contributed by atoms with E-state index in [1.165, 1.54) is 19.3 Å². The van der Waals surface area contributed by atoms with Gasteiger partial charge in [-0.25, -0.2) is 0 Å². The van der Waals surface area contributed by atoms with Crippen molar-refractivity contribution in [2.24, 2.45) is 11.8 Å². The number of aliphatic hydroxyl groups excluding tert-OH is 1. The van der Waals surface area contributed by atoms with E-state index < -0.39 is 6.10 Å². The van der Waals surface area contributed by atoms with E-state index in [2.05, 4.69) is 19.2 Å². The summed E-state index contributed by atoms with van der Waals surface area (Å²) in [5.74, 6) is 1.56. The van der Waals surface area contributed by atoms with Crippen molar-refractivity contribution >= 4 is 0 Å². The topological polar surface area (TPSA) is 50.7 Å². The maximum Gasteiger partial charge on any atom is 0.0897 e. The third-order valence-corrected chi connectivity index (χ3v) is 4.11. The number of rotatable bonds is 9. The predicted molar refractivity (Wildman–Crippen MR) is 72.7 cm³/mol. The van der Waals surface area contributed by atoms with Crippen LogP contribution in [0.25, 0.3) is 0 Å². The number of ether oxygens (including phenoxy) is 2. The minimum atomic E-state index is -0.422. The lowest BCUT2D eigenvalue weighted by molar-refractivity contribution is 0.0124. The zero-order valence-electron chi connectivity index (χ0n) is 12.0. The van der Waals surface area contributed by atoms with E-state index in [4.69, 9.17) is 9.47 Å². The molecule has 0 aliphatic heterocycles. The van der Waals surface area contributed by atoms with Crippen LogP contribution in [0.1, 0.15) is 33.1 Å². The SMILES string of the molecule is CCC1CCC(NCC(O)COCCOC)C1C. The predicted octanol–water partition coefficient (Wildman–Crippen LogP) is 1.42. The first-order valence-electron chi connectivity index (χ1n) is 7.17. The Labute approximate surface area is 111 Å². The molecule has 0 saturated heterocycles. The summed E-state index contributed by atoms with van der Waals surface area (Å²) in [5, 5.41) is 13.3. The van der Waals surface area contributed by atoms with Crippen LogP contribution in [0.4, 0.5) is 0 Å². The minimum absolute atomic E-state index is 0.384. The van der Waals surface area contributed by atoms with E-state index in [0.717, 1.165) is 11.8 Å². The van der Waals surface area contributed by atoms with E-state index in [1.807, 2.05) is 0 Å². The van der Waals surface area contributed by atoms with Crippen LogP contribution in [0, 0.1) is 11.8 Å². The van der Waals surface area contributed by atoms with Crippen LogP contribution in [-0.2, 0) is 9.47 Å². The highest BCUT2D eigenvalue weighted by Crippen LogP contribution is 2.33. The van der Waals surface area contributed by atoms with Crippen molar-refractivity contribution in [1.29, 1.82) is 0 Å². The summed E-state index contributed by atoms with van der Waals surface area (Å²) in [4.78, 5) is 0. The molecule has 0 bridgehead atoms. The van der Waals surface area contributed by atoms with Crippen LogP contribution < -0.4 is 5.32 Å². The van der Waals surface area contributed by atoms with Gasteiger partial charge in [0.25, 0.3) is 0 Å². The fraction of sp³-hybridized carbons (Fsp3) is 1.00. The molecule has 108 valence electrons. The molecule has 0 amide bonds. The molecule has 0 aromatic carbocycles. The molecular weight excluding hydrogens is 230 g/mol. The van der Waals surface area contributed by atoms with Crippen LogP contribution in [0.15, 0.2) is 0 Å². The summed E-state index contributed by atoms with van der Waals surface area (Å²) < 4.78 is 10.2. The summed E-state index contributed by atoms with van der Waals surface area (Å²) in [7, 11) is 1.65. The Morgan fingerprint density at radius 1 is 1.33 bits per heavy atom. The highest BCUT2D eigenvalue weighted by molar-refractivity contribution is 4.86. The second-order valence-electron chi connectivity index (χ2n) is 5.34. The molecule has 4 nitrogen and oxygen atoms in total. The Morgan fingerprint density at radius 2 is 2.11 bits per heavy atom. The van der Waals surface area contributed by atoms with Gasteiger partial charge in [-0.05, 0) is 24.7 Å². The van der Waals surface area contributed by atoms with E-state index in [0.29, 0.717) is 32.4 Å². The Bertz CT molecular complexity index is 213. The molecule has 0 aromatic heterocycles. The van der Waals surface area contributed by atoms with Gasteiger partial charge in [0.05, 0.1) is 25.9 Å². The third-order valence-electron chi connectivity index (χ3n) is 4.11. The molecule has 1 fully saturated rings. The molecule has 0 heterocycles. The van der Waals surface area contributed by atoms with Crippen LogP contribution >= 0.6 is 0 Å². The molecule has 1 aliphatic rings. The van der Waals surface area contributed by atoms with E-state index >= 15 is 0 Å². The summed E-state index contributed by atoms with van der Waals surface area (Å²) >= 11 is 0. The van der Waals surface area contributed by atoms with Crippen molar-refractivity contribution in [2.75, 3.05) is 33.5 Å². The fourth-order valence-electron chi connectivity index (χ4n) is 2.82. The molecule has 4 heteroatoms. The summed E-state index contributed by atoms with van der Waals surface area (Å²) in [5.41, 5.74) is 0. The van der Waals surface area contributed by atoms with Gasteiger partial charge in [-0.3, -0.25) is 0 Å². The first-order valence-corrected chi connectivity index (χ1v) is 7.17. The summed E-state index contributed by atoms with van der Waals surface area (Å²) in [6, 6.07) is 0.559. The normalized spacial score (nSPS) is 29.7. The van der Waals surface area contributed by atoms with E-state index in [9.17, 15) is 5.11 Å². The Hall–Kier alpha value is -0.160. The van der Waals surface area contributed by atoms with Gasteiger partial charge in [-0.2, -0.15) is 0 Å². The highest BCUT2D eigenvalue weighted by atomic mass is 16.5. The number of aliphatic hydroxyl groups is 1. The molecule has 0 spiro atoms. The van der Waals surface area contributed by atoms with Crippen molar-refractivity contribution in [3.63, 3.8) is 0 Å². The fourth-order valence-corrected chi connectivity index (χ4v) is 2.82. The molecule has 1 rings (SSSR count). The van der Waals surface area contributed by atoms with Gasteiger partial charge in [0.15, 0.2) is 0 Å². The van der Waals surface area contributed by atoms with Crippen LogP contribution in [-0.4, -0.2) is 50.7 Å². The van der Waals surface area contributed by atoms with Crippen LogP contribution in [0.5, 0.6) is 0 Å². The Morgan fingerprint density at radius 3 is 2.72 bits per heavy atom. The van der Waals surface area contributed by atoms with Crippen LogP contribution in [0.3, 0.4) is 0 Å². The van der Waals surface area contributed by atoms with Crippen molar-refractivity contribution in [1.82, 2.24) is 5.32 Å². The van der Waals surface area contributed by atoms with Gasteiger partial charge in [-0.1, -0.05) is 20.3 Å². The quantitative estimate of drug-likeness (QED) is 0.615. The first-order chi connectivity index (χ1) is 8.69. The molecule has 1 aliphatic carbocycles. The zero-order chi connectivity index (χ0) is 13.4. The van der Waals surface area contributed by atoms with Gasteiger partial charge >= 0.3 is 0 Å². The second kappa shape index (κ2) is 8.86. The van der Waals surface area contributed by atoms with Crippen molar-refractivity contribution in [3.05, 3.63) is 0 Å². The van der Waals surface area contributed by atoms with Gasteiger partial charge in [-0.15, -0.1) is 0 Å². The Balaban J connectivity index is 2.09. The average molecular weight is 259 g/mol. The lowest BCUT2D eigenvalue weighted by Crippen LogP contribution is -2.39. The molecule has 2 N–H and O–H groups in total. The largest absolute Gasteiger partial charge is 0.389 e. The smallest absolute Gasteiger partial charge is 0.0897 e. The van der Waals surface area contributed by atoms with Crippen molar-refractivity contribution < 1.29 is 14.6 Å². The number of nitrogens with one attached hydrogen (secondary N) is 1. The number of hydrogen-bond acceptors (Lipinski definition) is 4. The van der Waals surface area contributed by atoms with E-state index in [-0.39, 0.29) is 0 Å². The van der Waals surface area contributed by atoms with Gasteiger partial charge in [0, 0.05) is 19.7 Å². The molecular formula is C14H29NO3. The van der Waals surface area contributed by atoms with Crippen molar-refractivity contribution in [3.8, 4) is 0 Å². The zero-order valence-corrected chi connectivity index (χ0v) is 12.0. The standard InChI is InChI=1S/C14H29NO3/c1-4-12-5-6-14(11(12)2)15-9-13(16)10-18-8-7-17-3/h11-16H,4-10H2,1-3H3. The van der Waals surface area contributed by atoms with Crippen LogP contribution in [0.2, 0.25) is 0 Å². The number of hydrogen-bond donors (Lipinski definition) is 2. The molecule has 1 saturated carbocycles. The minimum Gasteiger partial charge on any atom is -0.389 e. The molecule has 4 unspecified atom stereocenters. The van der Waals surface area contributed by atoms with Gasteiger partial charge in [0.2, 0.25) is 0 Å². The molecule has 0 radical (unpaired) electrons.